The molecule has 2 heterocycles. The van der Waals surface area contributed by atoms with Crippen molar-refractivity contribution in [3.8, 4) is 0 Å². The smallest absolute Gasteiger partial charge is 0.292 e. The quantitative estimate of drug-likeness (QED) is 0.692. The maximum atomic E-state index is 11.4. The molecule has 0 fully saturated rings. The second-order valence-electron chi connectivity index (χ2n) is 3.06. The molecule has 4 N–H and O–H groups in total. The molecule has 1 aromatic heterocycles. The Morgan fingerprint density at radius 1 is 1.00 bits per heavy atom. The van der Waals surface area contributed by atoms with E-state index < -0.39 is 0 Å². The van der Waals surface area contributed by atoms with Gasteiger partial charge in [0.25, 0.3) is 5.56 Å². The first kappa shape index (κ1) is 13.2. The van der Waals surface area contributed by atoms with Gasteiger partial charge < -0.3 is 11.5 Å². The van der Waals surface area contributed by atoms with Crippen LogP contribution in [0.2, 0.25) is 0 Å². The molecule has 7 heteroatoms. The Kier molecular flexibility index (Phi) is 4.35. The number of rotatable bonds is 0. The van der Waals surface area contributed by atoms with Crippen LogP contribution in [0, 0.1) is 0 Å². The van der Waals surface area contributed by atoms with Crippen LogP contribution in [0.3, 0.4) is 0 Å². The number of nitrogen functional groups attached to an aromatic ring is 2. The van der Waals surface area contributed by atoms with Crippen LogP contribution in [0.5, 0.6) is 0 Å². The highest BCUT2D eigenvalue weighted by Crippen LogP contribution is 2.15. The number of fused-ring (bicyclic) bond motifs is 1. The van der Waals surface area contributed by atoms with Crippen molar-refractivity contribution in [3.05, 3.63) is 10.4 Å². The molecular formula is C7H14Cl2N4O. The Bertz CT molecular complexity index is 371. The third-order valence-corrected chi connectivity index (χ3v) is 2.30. The molecule has 0 aromatic carbocycles. The minimum Gasteiger partial charge on any atom is -0.391 e. The van der Waals surface area contributed by atoms with E-state index in [9.17, 15) is 4.79 Å². The number of anilines is 2. The van der Waals surface area contributed by atoms with E-state index in [0.717, 1.165) is 25.9 Å². The highest BCUT2D eigenvalue weighted by Gasteiger charge is 2.17. The number of halogens is 2. The second kappa shape index (κ2) is 4.61. The molecule has 2 rings (SSSR count). The Morgan fingerprint density at radius 3 is 2.00 bits per heavy atom. The van der Waals surface area contributed by atoms with Gasteiger partial charge in [0.05, 0.1) is 0 Å². The predicted octanol–water partition coefficient (Wildman–Crippen LogP) is 0.452. The van der Waals surface area contributed by atoms with Gasteiger partial charge in [0.2, 0.25) is 0 Å². The van der Waals surface area contributed by atoms with Crippen LogP contribution in [0.15, 0.2) is 4.79 Å². The first-order valence-electron chi connectivity index (χ1n) is 4.06. The summed E-state index contributed by atoms with van der Waals surface area (Å²) in [6.07, 6.45) is 2.10. The molecule has 0 unspecified atom stereocenters. The molecule has 0 spiro atoms. The summed E-state index contributed by atoms with van der Waals surface area (Å²) in [5.41, 5.74) is 11.2. The summed E-state index contributed by atoms with van der Waals surface area (Å²) in [5.74, 6) is 0.416. The molecule has 1 aliphatic heterocycles. The largest absolute Gasteiger partial charge is 0.391 e. The summed E-state index contributed by atoms with van der Waals surface area (Å²) < 4.78 is 3.38. The first-order chi connectivity index (χ1) is 5.72. The number of nitrogens with zero attached hydrogens (tertiary/aromatic N) is 2. The number of hydrogen-bond acceptors (Lipinski definition) is 3. The molecule has 0 aliphatic carbocycles. The molecule has 0 amide bonds. The van der Waals surface area contributed by atoms with E-state index in [1.807, 2.05) is 0 Å². The van der Waals surface area contributed by atoms with Crippen molar-refractivity contribution < 1.29 is 0 Å². The fraction of sp³-hybridized carbons (Fsp3) is 0.571. The molecule has 0 saturated carbocycles. The number of hydrogen-bond donors (Lipinski definition) is 2. The highest BCUT2D eigenvalue weighted by molar-refractivity contribution is 5.85. The molecule has 1 aromatic rings. The summed E-state index contributed by atoms with van der Waals surface area (Å²) in [5, 5.41) is 0. The second-order valence-corrected chi connectivity index (χ2v) is 3.06. The van der Waals surface area contributed by atoms with Gasteiger partial charge in [0.15, 0.2) is 0 Å². The Morgan fingerprint density at radius 2 is 1.50 bits per heavy atom. The van der Waals surface area contributed by atoms with Gasteiger partial charge >= 0.3 is 0 Å². The van der Waals surface area contributed by atoms with E-state index in [0.29, 0.717) is 5.82 Å². The van der Waals surface area contributed by atoms with E-state index in [1.54, 1.807) is 9.36 Å². The monoisotopic (exact) mass is 240 g/mol. The molecule has 1 aliphatic rings. The van der Waals surface area contributed by atoms with Crippen molar-refractivity contribution in [2.75, 3.05) is 11.5 Å². The van der Waals surface area contributed by atoms with Gasteiger partial charge in [-0.3, -0.25) is 9.48 Å². The van der Waals surface area contributed by atoms with Crippen LogP contribution in [-0.4, -0.2) is 9.36 Å². The summed E-state index contributed by atoms with van der Waals surface area (Å²) in [6.45, 7) is 1.54. The fourth-order valence-electron chi connectivity index (χ4n) is 1.61. The van der Waals surface area contributed by atoms with E-state index >= 15 is 0 Å². The minimum atomic E-state index is -0.146. The molecule has 0 bridgehead atoms. The molecule has 14 heavy (non-hydrogen) atoms. The SMILES string of the molecule is Cl.Cl.Nc1c(N)n2n(c1=O)CCCC2. The van der Waals surface area contributed by atoms with Crippen molar-refractivity contribution >= 4 is 36.3 Å². The fourth-order valence-corrected chi connectivity index (χ4v) is 1.61. The molecule has 82 valence electrons. The van der Waals surface area contributed by atoms with E-state index in [2.05, 4.69) is 0 Å². The van der Waals surface area contributed by atoms with Crippen molar-refractivity contribution in [3.63, 3.8) is 0 Å². The van der Waals surface area contributed by atoms with Gasteiger partial charge in [-0.15, -0.1) is 24.8 Å². The van der Waals surface area contributed by atoms with Gasteiger partial charge in [0, 0.05) is 13.1 Å². The van der Waals surface area contributed by atoms with Crippen molar-refractivity contribution in [2.24, 2.45) is 0 Å². The summed E-state index contributed by atoms with van der Waals surface area (Å²) in [6, 6.07) is 0. The molecular weight excluding hydrogens is 227 g/mol. The Labute approximate surface area is 93.9 Å². The lowest BCUT2D eigenvalue weighted by Gasteiger charge is -2.17. The van der Waals surface area contributed by atoms with Crippen LogP contribution in [-0.2, 0) is 13.1 Å². The first-order valence-corrected chi connectivity index (χ1v) is 4.06. The molecule has 0 saturated heterocycles. The van der Waals surface area contributed by atoms with Gasteiger partial charge in [-0.2, -0.15) is 0 Å². The Hall–Kier alpha value is -0.810. The van der Waals surface area contributed by atoms with Crippen LogP contribution >= 0.6 is 24.8 Å². The van der Waals surface area contributed by atoms with Crippen LogP contribution < -0.4 is 17.0 Å². The Balaban J connectivity index is 0.000000845. The van der Waals surface area contributed by atoms with Crippen LogP contribution in [0.4, 0.5) is 11.5 Å². The van der Waals surface area contributed by atoms with Crippen molar-refractivity contribution in [2.45, 2.75) is 25.9 Å². The zero-order valence-electron chi connectivity index (χ0n) is 7.60. The van der Waals surface area contributed by atoms with Crippen molar-refractivity contribution in [1.29, 1.82) is 0 Å². The van der Waals surface area contributed by atoms with Gasteiger partial charge in [-0.1, -0.05) is 0 Å². The van der Waals surface area contributed by atoms with Crippen molar-refractivity contribution in [1.82, 2.24) is 9.36 Å². The average molecular weight is 241 g/mol. The third-order valence-electron chi connectivity index (χ3n) is 2.30. The number of aromatic nitrogens is 2. The minimum absolute atomic E-state index is 0. The zero-order valence-corrected chi connectivity index (χ0v) is 9.24. The topological polar surface area (TPSA) is 79.0 Å². The van der Waals surface area contributed by atoms with E-state index in [1.165, 1.54) is 0 Å². The molecule has 0 radical (unpaired) electrons. The highest BCUT2D eigenvalue weighted by atomic mass is 35.5. The lowest BCUT2D eigenvalue weighted by molar-refractivity contribution is 0.360. The zero-order chi connectivity index (χ0) is 8.72. The lowest BCUT2D eigenvalue weighted by atomic mass is 10.3. The van der Waals surface area contributed by atoms with Gasteiger partial charge in [-0.25, -0.2) is 4.68 Å². The number of nitrogens with two attached hydrogens (primary N) is 2. The maximum Gasteiger partial charge on any atom is 0.292 e. The van der Waals surface area contributed by atoms with Gasteiger partial charge in [-0.05, 0) is 12.8 Å². The molecule has 5 nitrogen and oxygen atoms in total. The van der Waals surface area contributed by atoms with E-state index in [4.69, 9.17) is 11.5 Å². The summed E-state index contributed by atoms with van der Waals surface area (Å²) >= 11 is 0. The van der Waals surface area contributed by atoms with E-state index in [-0.39, 0.29) is 36.1 Å². The normalized spacial score (nSPS) is 13.7. The lowest BCUT2D eigenvalue weighted by Crippen LogP contribution is -2.27. The van der Waals surface area contributed by atoms with Crippen LogP contribution in [0.1, 0.15) is 12.8 Å². The molecule has 0 atom stereocenters. The summed E-state index contributed by atoms with van der Waals surface area (Å²) in [4.78, 5) is 11.4. The van der Waals surface area contributed by atoms with Gasteiger partial charge in [0.1, 0.15) is 11.5 Å². The van der Waals surface area contributed by atoms with Crippen LogP contribution in [0.25, 0.3) is 0 Å². The predicted molar refractivity (Wildman–Crippen MR) is 61.2 cm³/mol. The summed E-state index contributed by atoms with van der Waals surface area (Å²) in [7, 11) is 0. The average Bonchev–Trinajstić information content (AvgIpc) is 2.33. The maximum absolute atomic E-state index is 11.4. The standard InChI is InChI=1S/C7H12N4O.2ClH/c8-5-6(9)10-3-1-2-4-11(10)7(5)12;;/h1-4,8-9H2;2*1H. The third kappa shape index (κ3) is 1.69.